The summed E-state index contributed by atoms with van der Waals surface area (Å²) in [6.07, 6.45) is 1.78. The molecule has 6 nitrogen and oxygen atoms in total. The SMILES string of the molecule is CCCNCc1n[nH]c(C)c1S(=O)(=O)NCCC(C)(C)C. The van der Waals surface area contributed by atoms with E-state index in [1.165, 1.54) is 0 Å². The average molecular weight is 316 g/mol. The van der Waals surface area contributed by atoms with E-state index in [-0.39, 0.29) is 10.3 Å². The van der Waals surface area contributed by atoms with Gasteiger partial charge in [0.1, 0.15) is 4.90 Å². The Bertz CT molecular complexity index is 544. The zero-order chi connectivity index (χ0) is 16.1. The van der Waals surface area contributed by atoms with Crippen molar-refractivity contribution in [2.45, 2.75) is 58.9 Å². The molecule has 122 valence electrons. The van der Waals surface area contributed by atoms with Crippen molar-refractivity contribution in [2.24, 2.45) is 5.41 Å². The van der Waals surface area contributed by atoms with Crippen LogP contribution in [0.4, 0.5) is 0 Å². The van der Waals surface area contributed by atoms with E-state index in [9.17, 15) is 8.42 Å². The number of nitrogens with zero attached hydrogens (tertiary/aromatic N) is 1. The average Bonchev–Trinajstić information content (AvgIpc) is 2.69. The van der Waals surface area contributed by atoms with Gasteiger partial charge in [0, 0.05) is 13.1 Å². The number of aromatic nitrogens is 2. The lowest BCUT2D eigenvalue weighted by molar-refractivity contribution is 0.378. The Morgan fingerprint density at radius 3 is 2.48 bits per heavy atom. The molecular weight excluding hydrogens is 288 g/mol. The van der Waals surface area contributed by atoms with E-state index in [1.54, 1.807) is 6.92 Å². The number of hydrogen-bond donors (Lipinski definition) is 3. The summed E-state index contributed by atoms with van der Waals surface area (Å²) in [7, 11) is -3.52. The summed E-state index contributed by atoms with van der Waals surface area (Å²) in [5, 5.41) is 10.1. The Kier molecular flexibility index (Phi) is 6.37. The molecule has 0 fully saturated rings. The van der Waals surface area contributed by atoms with Crippen LogP contribution < -0.4 is 10.0 Å². The fraction of sp³-hybridized carbons (Fsp3) is 0.786. The summed E-state index contributed by atoms with van der Waals surface area (Å²) in [5.41, 5.74) is 1.22. The van der Waals surface area contributed by atoms with Crippen molar-refractivity contribution in [1.82, 2.24) is 20.2 Å². The topological polar surface area (TPSA) is 86.9 Å². The first-order chi connectivity index (χ1) is 9.67. The van der Waals surface area contributed by atoms with Crippen LogP contribution in [0.3, 0.4) is 0 Å². The molecule has 0 bridgehead atoms. The molecule has 0 atom stereocenters. The van der Waals surface area contributed by atoms with Crippen molar-refractivity contribution in [1.29, 1.82) is 0 Å². The number of rotatable bonds is 8. The van der Waals surface area contributed by atoms with E-state index in [0.29, 0.717) is 24.5 Å². The molecule has 0 spiro atoms. The highest BCUT2D eigenvalue weighted by molar-refractivity contribution is 7.89. The first-order valence-corrected chi connectivity index (χ1v) is 8.90. The number of sulfonamides is 1. The van der Waals surface area contributed by atoms with Crippen LogP contribution in [0, 0.1) is 12.3 Å². The van der Waals surface area contributed by atoms with E-state index in [0.717, 1.165) is 19.4 Å². The lowest BCUT2D eigenvalue weighted by Gasteiger charge is -2.18. The molecule has 0 amide bonds. The summed E-state index contributed by atoms with van der Waals surface area (Å²) in [6.45, 7) is 11.8. The Morgan fingerprint density at radius 1 is 1.24 bits per heavy atom. The Hall–Kier alpha value is -0.920. The van der Waals surface area contributed by atoms with Crippen molar-refractivity contribution >= 4 is 10.0 Å². The van der Waals surface area contributed by atoms with Gasteiger partial charge in [-0.05, 0) is 31.7 Å². The Balaban J connectivity index is 2.80. The number of hydrogen-bond acceptors (Lipinski definition) is 4. The third-order valence-electron chi connectivity index (χ3n) is 3.12. The van der Waals surface area contributed by atoms with Crippen molar-refractivity contribution < 1.29 is 8.42 Å². The highest BCUT2D eigenvalue weighted by Gasteiger charge is 2.24. The Morgan fingerprint density at radius 2 is 1.90 bits per heavy atom. The van der Waals surface area contributed by atoms with Gasteiger partial charge in [0.2, 0.25) is 10.0 Å². The monoisotopic (exact) mass is 316 g/mol. The van der Waals surface area contributed by atoms with Crippen LogP contribution in [-0.2, 0) is 16.6 Å². The fourth-order valence-electron chi connectivity index (χ4n) is 1.96. The minimum Gasteiger partial charge on any atom is -0.311 e. The highest BCUT2D eigenvalue weighted by atomic mass is 32.2. The smallest absolute Gasteiger partial charge is 0.244 e. The van der Waals surface area contributed by atoms with Gasteiger partial charge in [-0.3, -0.25) is 5.10 Å². The largest absolute Gasteiger partial charge is 0.311 e. The highest BCUT2D eigenvalue weighted by Crippen LogP contribution is 2.20. The Labute approximate surface area is 128 Å². The van der Waals surface area contributed by atoms with Gasteiger partial charge in [0.25, 0.3) is 0 Å². The van der Waals surface area contributed by atoms with E-state index in [2.05, 4.69) is 47.9 Å². The van der Waals surface area contributed by atoms with Gasteiger partial charge in [-0.1, -0.05) is 27.7 Å². The minimum atomic E-state index is -3.52. The quantitative estimate of drug-likeness (QED) is 0.640. The van der Waals surface area contributed by atoms with E-state index in [1.807, 2.05) is 0 Å². The van der Waals surface area contributed by atoms with E-state index in [4.69, 9.17) is 0 Å². The second-order valence-electron chi connectivity index (χ2n) is 6.51. The van der Waals surface area contributed by atoms with Crippen LogP contribution in [-0.4, -0.2) is 31.7 Å². The fourth-order valence-corrected chi connectivity index (χ4v) is 3.35. The van der Waals surface area contributed by atoms with Crippen molar-refractivity contribution in [3.05, 3.63) is 11.4 Å². The second kappa shape index (κ2) is 7.38. The van der Waals surface area contributed by atoms with Crippen LogP contribution in [0.15, 0.2) is 4.90 Å². The molecule has 3 N–H and O–H groups in total. The van der Waals surface area contributed by atoms with Gasteiger partial charge in [0.15, 0.2) is 0 Å². The van der Waals surface area contributed by atoms with Crippen LogP contribution in [0.25, 0.3) is 0 Å². The van der Waals surface area contributed by atoms with Crippen molar-refractivity contribution in [3.8, 4) is 0 Å². The first kappa shape index (κ1) is 18.1. The molecular formula is C14H28N4O2S. The predicted molar refractivity (Wildman–Crippen MR) is 84.6 cm³/mol. The zero-order valence-electron chi connectivity index (χ0n) is 13.7. The van der Waals surface area contributed by atoms with Crippen LogP contribution >= 0.6 is 0 Å². The summed E-state index contributed by atoms with van der Waals surface area (Å²) < 4.78 is 27.6. The molecule has 0 unspecified atom stereocenters. The van der Waals surface area contributed by atoms with Gasteiger partial charge < -0.3 is 5.32 Å². The summed E-state index contributed by atoms with van der Waals surface area (Å²) in [6, 6.07) is 0. The van der Waals surface area contributed by atoms with Crippen LogP contribution in [0.5, 0.6) is 0 Å². The summed E-state index contributed by atoms with van der Waals surface area (Å²) in [5.74, 6) is 0. The molecule has 0 aliphatic heterocycles. The van der Waals surface area contributed by atoms with Crippen LogP contribution in [0.2, 0.25) is 0 Å². The molecule has 1 aromatic heterocycles. The third kappa shape index (κ3) is 5.76. The van der Waals surface area contributed by atoms with Crippen molar-refractivity contribution in [3.63, 3.8) is 0 Å². The third-order valence-corrected chi connectivity index (χ3v) is 4.78. The number of aryl methyl sites for hydroxylation is 1. The molecule has 0 aliphatic carbocycles. The zero-order valence-corrected chi connectivity index (χ0v) is 14.5. The van der Waals surface area contributed by atoms with Gasteiger partial charge in [-0.15, -0.1) is 0 Å². The first-order valence-electron chi connectivity index (χ1n) is 7.41. The van der Waals surface area contributed by atoms with Gasteiger partial charge in [0.05, 0.1) is 11.4 Å². The lowest BCUT2D eigenvalue weighted by atomic mass is 9.93. The maximum atomic E-state index is 12.5. The van der Waals surface area contributed by atoms with Gasteiger partial charge >= 0.3 is 0 Å². The predicted octanol–water partition coefficient (Wildman–Crippen LogP) is 1.93. The van der Waals surface area contributed by atoms with Crippen LogP contribution in [0.1, 0.15) is 51.9 Å². The van der Waals surface area contributed by atoms with Gasteiger partial charge in [-0.25, -0.2) is 13.1 Å². The molecule has 0 aliphatic rings. The summed E-state index contributed by atoms with van der Waals surface area (Å²) >= 11 is 0. The minimum absolute atomic E-state index is 0.0967. The standard InChI is InChI=1S/C14H28N4O2S/c1-6-8-15-10-12-13(11(2)17-18-12)21(19,20)16-9-7-14(3,4)5/h15-16H,6-10H2,1-5H3,(H,17,18). The number of aromatic amines is 1. The normalized spacial score (nSPS) is 12.8. The van der Waals surface area contributed by atoms with Gasteiger partial charge in [-0.2, -0.15) is 5.10 Å². The maximum absolute atomic E-state index is 12.5. The molecule has 7 heteroatoms. The molecule has 1 heterocycles. The molecule has 1 aromatic rings. The second-order valence-corrected chi connectivity index (χ2v) is 8.21. The lowest BCUT2D eigenvalue weighted by Crippen LogP contribution is -2.29. The molecule has 21 heavy (non-hydrogen) atoms. The molecule has 0 aromatic carbocycles. The number of nitrogens with one attached hydrogen (secondary N) is 3. The van der Waals surface area contributed by atoms with E-state index >= 15 is 0 Å². The van der Waals surface area contributed by atoms with Crippen molar-refractivity contribution in [2.75, 3.05) is 13.1 Å². The molecule has 0 radical (unpaired) electrons. The molecule has 1 rings (SSSR count). The summed E-state index contributed by atoms with van der Waals surface area (Å²) in [4.78, 5) is 0.278. The van der Waals surface area contributed by atoms with E-state index < -0.39 is 10.0 Å². The maximum Gasteiger partial charge on any atom is 0.244 e. The molecule has 0 saturated heterocycles. The number of H-pyrrole nitrogens is 1. The molecule has 0 saturated carbocycles.